The van der Waals surface area contributed by atoms with E-state index in [0.717, 1.165) is 73.5 Å². The molecule has 0 saturated carbocycles. The van der Waals surface area contributed by atoms with Crippen molar-refractivity contribution in [3.8, 4) is 33.6 Å². The van der Waals surface area contributed by atoms with E-state index >= 15 is 0 Å². The van der Waals surface area contributed by atoms with Crippen LogP contribution in [0.2, 0.25) is 0 Å². The largest absolute Gasteiger partial charge is 0.287 e. The highest BCUT2D eigenvalue weighted by molar-refractivity contribution is 6.14. The second kappa shape index (κ2) is 14.3. The predicted molar refractivity (Wildman–Crippen MR) is 217 cm³/mol. The van der Waals surface area contributed by atoms with Crippen molar-refractivity contribution in [3.05, 3.63) is 214 Å². The van der Waals surface area contributed by atoms with Crippen LogP contribution < -0.4 is 0 Å². The number of carbonyl (C=O) groups excluding carboxylic acids is 2. The van der Waals surface area contributed by atoms with Gasteiger partial charge in [-0.2, -0.15) is 0 Å². The maximum atomic E-state index is 14.3. The first-order chi connectivity index (χ1) is 26.6. The number of hydrogen-bond acceptors (Lipinski definition) is 4. The number of hydrogen-bond donors (Lipinski definition) is 0. The summed E-state index contributed by atoms with van der Waals surface area (Å²) in [5.41, 5.74) is 13.0. The number of ketones is 2. The van der Waals surface area contributed by atoms with E-state index in [-0.39, 0.29) is 17.5 Å². The molecule has 0 radical (unpaired) electrons. The molecule has 5 aromatic carbocycles. The van der Waals surface area contributed by atoms with Crippen molar-refractivity contribution >= 4 is 23.7 Å². The Labute approximate surface area is 315 Å². The topological polar surface area (TPSA) is 59.9 Å². The molecule has 0 saturated heterocycles. The van der Waals surface area contributed by atoms with Gasteiger partial charge in [-0.1, -0.05) is 146 Å². The Hall–Kier alpha value is -6.78. The fourth-order valence-electron chi connectivity index (χ4n) is 7.83. The van der Waals surface area contributed by atoms with Gasteiger partial charge in [0.05, 0.1) is 11.4 Å². The molecule has 4 nitrogen and oxygen atoms in total. The highest BCUT2D eigenvalue weighted by Gasteiger charge is 2.32. The van der Waals surface area contributed by atoms with Gasteiger partial charge >= 0.3 is 0 Å². The number of aromatic nitrogens is 2. The van der Waals surface area contributed by atoms with Gasteiger partial charge in [0, 0.05) is 28.2 Å². The molecule has 0 bridgehead atoms. The van der Waals surface area contributed by atoms with E-state index in [1.54, 1.807) is 0 Å². The van der Waals surface area contributed by atoms with Crippen molar-refractivity contribution in [2.45, 2.75) is 25.2 Å². The van der Waals surface area contributed by atoms with Gasteiger partial charge in [0.15, 0.2) is 0 Å². The summed E-state index contributed by atoms with van der Waals surface area (Å²) < 4.78 is 0. The molecular formula is C50H36N2O2. The first-order valence-electron chi connectivity index (χ1n) is 18.5. The van der Waals surface area contributed by atoms with E-state index in [4.69, 9.17) is 9.97 Å². The van der Waals surface area contributed by atoms with Crippen molar-refractivity contribution in [1.82, 2.24) is 9.97 Å². The SMILES string of the molecule is O=C1/C(=C/c2cccc(/C=C3\CCc4c(-c5ccccc5)cc(-c5ccccc5)nc4C3=O)c2)CC(c2ccccc2)c2ccc(-c3ccccc3)nc21. The molecule has 1 unspecified atom stereocenters. The fourth-order valence-corrected chi connectivity index (χ4v) is 7.83. The molecule has 0 fully saturated rings. The zero-order chi connectivity index (χ0) is 36.4. The van der Waals surface area contributed by atoms with Crippen LogP contribution in [0.5, 0.6) is 0 Å². The van der Waals surface area contributed by atoms with Crippen molar-refractivity contribution < 1.29 is 9.59 Å². The Kier molecular flexibility index (Phi) is 8.78. The molecule has 0 aliphatic heterocycles. The van der Waals surface area contributed by atoms with Gasteiger partial charge in [0.1, 0.15) is 11.4 Å². The number of rotatable bonds is 6. The smallest absolute Gasteiger partial charge is 0.207 e. The predicted octanol–water partition coefficient (Wildman–Crippen LogP) is 11.5. The van der Waals surface area contributed by atoms with Gasteiger partial charge in [0.2, 0.25) is 11.6 Å². The van der Waals surface area contributed by atoms with E-state index in [1.807, 2.05) is 133 Å². The lowest BCUT2D eigenvalue weighted by Crippen LogP contribution is -2.21. The standard InChI is InChI=1S/C50H36N2O2/c53-49-39(24-25-41-44(36-18-7-2-8-19-36)32-46(52-47(41)49)38-22-11-4-12-23-38)29-33-14-13-15-34(28-33)30-40-31-43(35-16-5-1-6-17-35)42-26-27-45(51-48(42)50(40)54)37-20-9-3-10-21-37/h1-23,26-30,32,43H,24-25,31H2/b39-29+,40-30+. The molecule has 2 aliphatic carbocycles. The molecule has 9 rings (SSSR count). The Morgan fingerprint density at radius 3 is 1.70 bits per heavy atom. The summed E-state index contributed by atoms with van der Waals surface area (Å²) in [7, 11) is 0. The number of fused-ring (bicyclic) bond motifs is 2. The van der Waals surface area contributed by atoms with Crippen LogP contribution in [0.15, 0.2) is 175 Å². The maximum Gasteiger partial charge on any atom is 0.207 e. The average molecular weight is 697 g/mol. The summed E-state index contributed by atoms with van der Waals surface area (Å²) in [5.74, 6) is -0.0888. The van der Waals surface area contributed by atoms with Gasteiger partial charge < -0.3 is 0 Å². The summed E-state index contributed by atoms with van der Waals surface area (Å²) >= 11 is 0. The summed E-state index contributed by atoms with van der Waals surface area (Å²) in [6.45, 7) is 0. The van der Waals surface area contributed by atoms with Crippen LogP contribution in [0.3, 0.4) is 0 Å². The van der Waals surface area contributed by atoms with Crippen molar-refractivity contribution in [3.63, 3.8) is 0 Å². The van der Waals surface area contributed by atoms with Crippen LogP contribution >= 0.6 is 0 Å². The number of pyridine rings is 2. The zero-order valence-corrected chi connectivity index (χ0v) is 29.7. The minimum Gasteiger partial charge on any atom is -0.287 e. The third-order valence-corrected chi connectivity index (χ3v) is 10.5. The third-order valence-electron chi connectivity index (χ3n) is 10.5. The van der Waals surface area contributed by atoms with Gasteiger partial charge in [-0.15, -0.1) is 0 Å². The normalized spacial score (nSPS) is 16.6. The molecule has 2 aromatic heterocycles. The van der Waals surface area contributed by atoms with E-state index < -0.39 is 0 Å². The molecular weight excluding hydrogens is 661 g/mol. The minimum atomic E-state index is -0.0488. The number of carbonyl (C=O) groups is 2. The first-order valence-corrected chi connectivity index (χ1v) is 18.5. The molecule has 54 heavy (non-hydrogen) atoms. The molecule has 7 aromatic rings. The van der Waals surface area contributed by atoms with Crippen molar-refractivity contribution in [2.75, 3.05) is 0 Å². The molecule has 0 spiro atoms. The van der Waals surface area contributed by atoms with Crippen LogP contribution in [-0.2, 0) is 6.42 Å². The van der Waals surface area contributed by atoms with Gasteiger partial charge in [0.25, 0.3) is 0 Å². The minimum absolute atomic E-state index is 0.00163. The molecule has 2 heterocycles. The highest BCUT2D eigenvalue weighted by atomic mass is 16.1. The summed E-state index contributed by atoms with van der Waals surface area (Å²) in [4.78, 5) is 38.4. The van der Waals surface area contributed by atoms with Gasteiger partial charge in [-0.3, -0.25) is 9.59 Å². The van der Waals surface area contributed by atoms with E-state index in [0.29, 0.717) is 29.8 Å². The Bertz CT molecular complexity index is 2590. The fraction of sp³-hybridized carbons (Fsp3) is 0.0800. The molecule has 1 atom stereocenters. The number of nitrogens with zero attached hydrogens (tertiary/aromatic N) is 2. The quantitative estimate of drug-likeness (QED) is 0.162. The average Bonchev–Trinajstić information content (AvgIpc) is 3.24. The van der Waals surface area contributed by atoms with E-state index in [9.17, 15) is 9.59 Å². The number of benzene rings is 5. The van der Waals surface area contributed by atoms with Crippen LogP contribution in [-0.4, -0.2) is 21.5 Å². The molecule has 0 N–H and O–H groups in total. The van der Waals surface area contributed by atoms with Crippen LogP contribution in [0.25, 0.3) is 45.8 Å². The lowest BCUT2D eigenvalue weighted by Gasteiger charge is -2.27. The van der Waals surface area contributed by atoms with Crippen molar-refractivity contribution in [2.24, 2.45) is 0 Å². The monoisotopic (exact) mass is 696 g/mol. The lowest BCUT2D eigenvalue weighted by atomic mass is 9.77. The second-order valence-electron chi connectivity index (χ2n) is 13.9. The van der Waals surface area contributed by atoms with Crippen molar-refractivity contribution in [1.29, 1.82) is 0 Å². The van der Waals surface area contributed by atoms with Crippen LogP contribution in [0, 0.1) is 0 Å². The molecule has 4 heteroatoms. The van der Waals surface area contributed by atoms with Gasteiger partial charge in [-0.25, -0.2) is 9.97 Å². The second-order valence-corrected chi connectivity index (χ2v) is 13.9. The summed E-state index contributed by atoms with van der Waals surface area (Å²) in [6, 6.07) is 54.9. The molecule has 258 valence electrons. The summed E-state index contributed by atoms with van der Waals surface area (Å²) in [5, 5.41) is 0. The Morgan fingerprint density at radius 2 is 1.04 bits per heavy atom. The molecule has 2 aliphatic rings. The Balaban J connectivity index is 1.07. The first kappa shape index (κ1) is 33.1. The molecule has 0 amide bonds. The van der Waals surface area contributed by atoms with E-state index in [2.05, 4.69) is 42.5 Å². The highest BCUT2D eigenvalue weighted by Crippen LogP contribution is 2.41. The Morgan fingerprint density at radius 1 is 0.481 bits per heavy atom. The van der Waals surface area contributed by atoms with E-state index in [1.165, 1.54) is 0 Å². The van der Waals surface area contributed by atoms with Crippen LogP contribution in [0.1, 0.15) is 67.6 Å². The third kappa shape index (κ3) is 6.44. The zero-order valence-electron chi connectivity index (χ0n) is 29.7. The van der Waals surface area contributed by atoms with Gasteiger partial charge in [-0.05, 0) is 88.6 Å². The number of Topliss-reactive ketones (excluding diaryl/α,β-unsaturated/α-hetero) is 2. The lowest BCUT2D eigenvalue weighted by molar-refractivity contribution is 0.101. The maximum absolute atomic E-state index is 14.3. The van der Waals surface area contributed by atoms with Crippen LogP contribution in [0.4, 0.5) is 0 Å². The number of allylic oxidation sites excluding steroid dienone is 2. The summed E-state index contributed by atoms with van der Waals surface area (Å²) in [6.07, 6.45) is 5.90.